The summed E-state index contributed by atoms with van der Waals surface area (Å²) in [4.78, 5) is 19.2. The maximum absolute atomic E-state index is 12.2. The Labute approximate surface area is 155 Å². The zero-order valence-electron chi connectivity index (χ0n) is 15.0. The number of hydrogen-bond donors (Lipinski definition) is 1. The zero-order valence-corrected chi connectivity index (χ0v) is 16.6. The molecule has 0 aliphatic carbocycles. The van der Waals surface area contributed by atoms with Gasteiger partial charge in [-0.2, -0.15) is 9.61 Å². The summed E-state index contributed by atoms with van der Waals surface area (Å²) >= 11 is 1.38. The average Bonchev–Trinajstić information content (AvgIpc) is 3.11. The van der Waals surface area contributed by atoms with Gasteiger partial charge in [-0.1, -0.05) is 18.3 Å². The minimum atomic E-state index is -3.38. The van der Waals surface area contributed by atoms with Crippen LogP contribution >= 0.6 is 11.3 Å². The molecule has 11 heteroatoms. The van der Waals surface area contributed by atoms with Crippen LogP contribution < -0.4 is 5.56 Å². The molecule has 0 unspecified atom stereocenters. The van der Waals surface area contributed by atoms with Gasteiger partial charge < -0.3 is 5.11 Å². The Balaban J connectivity index is 1.74. The fourth-order valence-electron chi connectivity index (χ4n) is 3.00. The number of rotatable bonds is 6. The van der Waals surface area contributed by atoms with Gasteiger partial charge in [-0.15, -0.1) is 0 Å². The first-order valence-corrected chi connectivity index (χ1v) is 10.8. The zero-order chi connectivity index (χ0) is 19.1. The van der Waals surface area contributed by atoms with Crippen molar-refractivity contribution in [1.29, 1.82) is 0 Å². The molecule has 0 spiro atoms. The number of aliphatic hydroxyl groups excluding tert-OH is 1. The van der Waals surface area contributed by atoms with Gasteiger partial charge in [0.05, 0.1) is 17.6 Å². The molecule has 3 heterocycles. The summed E-state index contributed by atoms with van der Waals surface area (Å²) in [6.45, 7) is 3.16. The van der Waals surface area contributed by atoms with Gasteiger partial charge in [0.25, 0.3) is 5.56 Å². The molecule has 1 aliphatic rings. The van der Waals surface area contributed by atoms with Crippen LogP contribution in [-0.4, -0.2) is 76.4 Å². The lowest BCUT2D eigenvalue weighted by atomic mass is 10.1. The Hall–Kier alpha value is -1.40. The topological polar surface area (TPSA) is 108 Å². The molecule has 0 radical (unpaired) electrons. The Morgan fingerprint density at radius 2 is 2.12 bits per heavy atom. The van der Waals surface area contributed by atoms with E-state index in [1.54, 1.807) is 0 Å². The van der Waals surface area contributed by atoms with Crippen LogP contribution in [0.2, 0.25) is 0 Å². The summed E-state index contributed by atoms with van der Waals surface area (Å²) in [5, 5.41) is 15.3. The molecule has 2 atom stereocenters. The maximum Gasteiger partial charge on any atom is 0.275 e. The Kier molecular flexibility index (Phi) is 5.45. The van der Waals surface area contributed by atoms with Gasteiger partial charge in [0, 0.05) is 45.7 Å². The molecule has 3 rings (SSSR count). The molecule has 1 aliphatic heterocycles. The second-order valence-corrected chi connectivity index (χ2v) is 9.98. The highest BCUT2D eigenvalue weighted by molar-refractivity contribution is 7.89. The summed E-state index contributed by atoms with van der Waals surface area (Å²) < 4.78 is 26.6. The fraction of sp³-hybridized carbons (Fsp3) is 0.667. The highest BCUT2D eigenvalue weighted by atomic mass is 32.2. The number of aliphatic hydroxyl groups is 1. The molecule has 0 aromatic carbocycles. The predicted octanol–water partition coefficient (Wildman–Crippen LogP) is -0.602. The molecule has 1 saturated heterocycles. The van der Waals surface area contributed by atoms with Crippen molar-refractivity contribution in [3.63, 3.8) is 0 Å². The minimum Gasteiger partial charge on any atom is -0.391 e. The van der Waals surface area contributed by atoms with Crippen LogP contribution in [0.3, 0.4) is 0 Å². The van der Waals surface area contributed by atoms with Crippen LogP contribution in [0.5, 0.6) is 0 Å². The molecule has 2 aromatic heterocycles. The van der Waals surface area contributed by atoms with Gasteiger partial charge in [0.2, 0.25) is 15.0 Å². The molecule has 144 valence electrons. The van der Waals surface area contributed by atoms with Crippen LogP contribution in [0.15, 0.2) is 10.9 Å². The van der Waals surface area contributed by atoms with E-state index in [1.165, 1.54) is 40.3 Å². The molecule has 0 amide bonds. The summed E-state index contributed by atoms with van der Waals surface area (Å²) in [6, 6.07) is 1.45. The van der Waals surface area contributed by atoms with E-state index in [-0.39, 0.29) is 17.2 Å². The minimum absolute atomic E-state index is 0.0957. The molecule has 1 fully saturated rings. The van der Waals surface area contributed by atoms with Gasteiger partial charge in [-0.3, -0.25) is 9.69 Å². The van der Waals surface area contributed by atoms with E-state index in [9.17, 15) is 18.3 Å². The molecular formula is C15H23N5O4S2. The van der Waals surface area contributed by atoms with E-state index in [0.29, 0.717) is 30.3 Å². The summed E-state index contributed by atoms with van der Waals surface area (Å²) in [7, 11) is -0.402. The number of nitrogens with zero attached hydrogens (tertiary/aromatic N) is 5. The van der Waals surface area contributed by atoms with Crippen LogP contribution in [0.1, 0.15) is 17.6 Å². The average molecular weight is 402 g/mol. The molecule has 0 saturated carbocycles. The van der Waals surface area contributed by atoms with Crippen molar-refractivity contribution < 1.29 is 13.5 Å². The van der Waals surface area contributed by atoms with Crippen LogP contribution in [0, 0.1) is 5.92 Å². The van der Waals surface area contributed by atoms with E-state index in [4.69, 9.17) is 0 Å². The number of β-amino-alcohol motifs (C(OH)–C–C–N with tert-alkyl or cyclic N) is 1. The number of likely N-dealkylation sites (tertiary alicyclic amines) is 1. The summed E-state index contributed by atoms with van der Waals surface area (Å²) in [5.41, 5.74) is 0.372. The first-order chi connectivity index (χ1) is 12.2. The van der Waals surface area contributed by atoms with Gasteiger partial charge in [-0.25, -0.2) is 17.7 Å². The molecule has 1 N–H and O–H groups in total. The number of hydrogen-bond acceptors (Lipinski definition) is 8. The van der Waals surface area contributed by atoms with Crippen molar-refractivity contribution in [2.45, 2.75) is 26.0 Å². The molecule has 26 heavy (non-hydrogen) atoms. The van der Waals surface area contributed by atoms with Crippen molar-refractivity contribution in [3.8, 4) is 0 Å². The van der Waals surface area contributed by atoms with Gasteiger partial charge >= 0.3 is 0 Å². The second-order valence-electron chi connectivity index (χ2n) is 6.71. The lowest BCUT2D eigenvalue weighted by Gasteiger charge is -2.17. The standard InChI is InChI=1S/C15H23N5O4S2/c1-4-13-17-20-14(22)5-11(16-15(20)25-13)7-19-6-10(12(21)8-19)9-26(23,24)18(2)3/h5,10,12,21H,4,6-9H2,1-3H3/t10-,12-/m0/s1. The maximum atomic E-state index is 12.2. The molecule has 9 nitrogen and oxygen atoms in total. The van der Waals surface area contributed by atoms with E-state index in [2.05, 4.69) is 10.1 Å². The fourth-order valence-corrected chi connectivity index (χ4v) is 5.03. The van der Waals surface area contributed by atoms with Crippen LogP contribution in [0.25, 0.3) is 4.96 Å². The molecular weight excluding hydrogens is 378 g/mol. The lowest BCUT2D eigenvalue weighted by Crippen LogP contribution is -2.33. The third-order valence-electron chi connectivity index (χ3n) is 4.49. The number of aryl methyl sites for hydroxylation is 1. The third-order valence-corrected chi connectivity index (χ3v) is 7.51. The molecule has 0 bridgehead atoms. The monoisotopic (exact) mass is 401 g/mol. The summed E-state index contributed by atoms with van der Waals surface area (Å²) in [5.74, 6) is -0.455. The van der Waals surface area contributed by atoms with E-state index < -0.39 is 16.1 Å². The van der Waals surface area contributed by atoms with E-state index in [1.807, 2.05) is 11.8 Å². The van der Waals surface area contributed by atoms with Crippen LogP contribution in [0.4, 0.5) is 0 Å². The van der Waals surface area contributed by atoms with Gasteiger partial charge in [-0.05, 0) is 6.42 Å². The smallest absolute Gasteiger partial charge is 0.275 e. The SMILES string of the molecule is CCc1nn2c(=O)cc(CN3C[C@@H](CS(=O)(=O)N(C)C)[C@@H](O)C3)nc2s1. The van der Waals surface area contributed by atoms with E-state index >= 15 is 0 Å². The number of sulfonamides is 1. The first kappa shape index (κ1) is 19.4. The Bertz CT molecular complexity index is 953. The van der Waals surface area contributed by atoms with E-state index in [0.717, 1.165) is 11.4 Å². The van der Waals surface area contributed by atoms with Crippen molar-refractivity contribution in [2.75, 3.05) is 32.9 Å². The predicted molar refractivity (Wildman–Crippen MR) is 98.8 cm³/mol. The van der Waals surface area contributed by atoms with Crippen molar-refractivity contribution >= 4 is 26.3 Å². The Morgan fingerprint density at radius 3 is 2.77 bits per heavy atom. The normalized spacial score (nSPS) is 21.9. The van der Waals surface area contributed by atoms with Crippen molar-refractivity contribution in [2.24, 2.45) is 5.92 Å². The van der Waals surface area contributed by atoms with Crippen LogP contribution in [-0.2, 0) is 23.0 Å². The number of aromatic nitrogens is 3. The molecule has 2 aromatic rings. The van der Waals surface area contributed by atoms with Gasteiger partial charge in [0.1, 0.15) is 5.01 Å². The highest BCUT2D eigenvalue weighted by Crippen LogP contribution is 2.21. The van der Waals surface area contributed by atoms with Crippen molar-refractivity contribution in [3.05, 3.63) is 27.1 Å². The largest absolute Gasteiger partial charge is 0.391 e. The first-order valence-electron chi connectivity index (χ1n) is 8.39. The summed E-state index contributed by atoms with van der Waals surface area (Å²) in [6.07, 6.45) is 0.0213. The third kappa shape index (κ3) is 3.96. The van der Waals surface area contributed by atoms with Gasteiger partial charge in [0.15, 0.2) is 0 Å². The lowest BCUT2D eigenvalue weighted by molar-refractivity contribution is 0.148. The quantitative estimate of drug-likeness (QED) is 0.688. The highest BCUT2D eigenvalue weighted by Gasteiger charge is 2.35. The second kappa shape index (κ2) is 7.31. The van der Waals surface area contributed by atoms with Crippen molar-refractivity contribution in [1.82, 2.24) is 23.8 Å². The number of fused-ring (bicyclic) bond motifs is 1. The Morgan fingerprint density at radius 1 is 1.38 bits per heavy atom.